The molecule has 1 aliphatic heterocycles. The van der Waals surface area contributed by atoms with Crippen molar-refractivity contribution in [3.05, 3.63) is 48.0 Å². The number of hydrogen-bond donors (Lipinski definition) is 1. The Morgan fingerprint density at radius 3 is 2.28 bits per heavy atom. The molecule has 3 rings (SSSR count). The lowest BCUT2D eigenvalue weighted by Crippen LogP contribution is -2.40. The monoisotopic (exact) mass is 397 g/mol. The van der Waals surface area contributed by atoms with Crippen molar-refractivity contribution in [2.75, 3.05) is 46.3 Å². The first-order valence-corrected chi connectivity index (χ1v) is 10.2. The summed E-state index contributed by atoms with van der Waals surface area (Å²) in [5, 5.41) is 3.50. The van der Waals surface area contributed by atoms with E-state index in [0.717, 1.165) is 36.7 Å². The maximum absolute atomic E-state index is 5.60. The third-order valence-electron chi connectivity index (χ3n) is 5.11. The minimum Gasteiger partial charge on any atom is -0.493 e. The molecule has 1 heterocycles. The minimum atomic E-state index is 0.621. The predicted octanol–water partition coefficient (Wildman–Crippen LogP) is 4.21. The molecule has 1 saturated heterocycles. The molecule has 2 aromatic rings. The summed E-state index contributed by atoms with van der Waals surface area (Å²) < 4.78 is 16.5. The van der Waals surface area contributed by atoms with Crippen LogP contribution in [-0.4, -0.2) is 51.8 Å². The summed E-state index contributed by atoms with van der Waals surface area (Å²) in [6.45, 7) is 2.73. The molecule has 0 unspecified atom stereocenters. The summed E-state index contributed by atoms with van der Waals surface area (Å²) in [6, 6.07) is 14.1. The molecule has 0 saturated carbocycles. The smallest absolute Gasteiger partial charge is 0.203 e. The lowest BCUT2D eigenvalue weighted by Gasteiger charge is -2.30. The van der Waals surface area contributed by atoms with Gasteiger partial charge >= 0.3 is 0 Å². The van der Waals surface area contributed by atoms with Crippen LogP contribution >= 0.6 is 0 Å². The zero-order chi connectivity index (χ0) is 20.5. The Morgan fingerprint density at radius 1 is 0.897 bits per heavy atom. The van der Waals surface area contributed by atoms with E-state index < -0.39 is 0 Å². The van der Waals surface area contributed by atoms with Crippen LogP contribution in [0.2, 0.25) is 0 Å². The average Bonchev–Trinajstić information content (AvgIpc) is 2.79. The lowest BCUT2D eigenvalue weighted by atomic mass is 10.1. The van der Waals surface area contributed by atoms with Crippen molar-refractivity contribution in [1.82, 2.24) is 4.90 Å². The molecule has 29 heavy (non-hydrogen) atoms. The van der Waals surface area contributed by atoms with E-state index in [0.29, 0.717) is 23.8 Å². The van der Waals surface area contributed by atoms with Gasteiger partial charge in [-0.15, -0.1) is 0 Å². The van der Waals surface area contributed by atoms with E-state index in [-0.39, 0.29) is 0 Å². The Bertz CT molecular complexity index is 803. The maximum atomic E-state index is 5.60. The minimum absolute atomic E-state index is 0.621. The number of anilines is 1. The second kappa shape index (κ2) is 10.6. The fourth-order valence-corrected chi connectivity index (χ4v) is 3.62. The third kappa shape index (κ3) is 5.34. The normalized spacial score (nSPS) is 14.4. The second-order valence-electron chi connectivity index (χ2n) is 6.99. The van der Waals surface area contributed by atoms with Crippen LogP contribution in [0.15, 0.2) is 47.5 Å². The van der Waals surface area contributed by atoms with Crippen LogP contribution in [0.1, 0.15) is 24.8 Å². The number of para-hydroxylation sites is 1. The Kier molecular flexibility index (Phi) is 7.61. The topological polar surface area (TPSA) is 55.3 Å². The van der Waals surface area contributed by atoms with Gasteiger partial charge in [0.15, 0.2) is 17.5 Å². The first-order chi connectivity index (χ1) is 14.3. The van der Waals surface area contributed by atoms with Crippen LogP contribution in [0.25, 0.3) is 0 Å². The van der Waals surface area contributed by atoms with Gasteiger partial charge in [-0.3, -0.25) is 4.99 Å². The van der Waals surface area contributed by atoms with Gasteiger partial charge in [-0.25, -0.2) is 0 Å². The molecule has 0 aromatic heterocycles. The molecule has 1 N–H and O–H groups in total. The summed E-state index contributed by atoms with van der Waals surface area (Å²) in [5.41, 5.74) is 2.10. The molecule has 1 fully saturated rings. The van der Waals surface area contributed by atoms with E-state index in [1.165, 1.54) is 19.3 Å². The quantitative estimate of drug-likeness (QED) is 0.560. The Morgan fingerprint density at radius 2 is 1.62 bits per heavy atom. The number of hydrogen-bond acceptors (Lipinski definition) is 4. The van der Waals surface area contributed by atoms with Gasteiger partial charge in [0, 0.05) is 30.9 Å². The van der Waals surface area contributed by atoms with E-state index >= 15 is 0 Å². The zero-order valence-corrected chi connectivity index (χ0v) is 17.6. The standard InChI is InChI=1S/C23H31N3O3/c1-27-20-13-12-18(21(28-2)22(20)29-3)14-15-24-23(26-16-8-5-9-17-26)25-19-10-6-4-7-11-19/h4,6-7,10-13H,5,8-9,14-17H2,1-3H3,(H,24,25). The summed E-state index contributed by atoms with van der Waals surface area (Å²) in [7, 11) is 4.90. The van der Waals surface area contributed by atoms with Gasteiger partial charge in [0.25, 0.3) is 0 Å². The van der Waals surface area contributed by atoms with Crippen molar-refractivity contribution in [3.63, 3.8) is 0 Å². The number of ether oxygens (including phenoxy) is 3. The first-order valence-electron chi connectivity index (χ1n) is 10.2. The van der Waals surface area contributed by atoms with E-state index in [1.807, 2.05) is 30.3 Å². The van der Waals surface area contributed by atoms with Gasteiger partial charge in [0.05, 0.1) is 21.3 Å². The van der Waals surface area contributed by atoms with E-state index in [4.69, 9.17) is 19.2 Å². The van der Waals surface area contributed by atoms with Crippen LogP contribution in [0.5, 0.6) is 17.2 Å². The average molecular weight is 398 g/mol. The van der Waals surface area contributed by atoms with Gasteiger partial charge < -0.3 is 24.4 Å². The van der Waals surface area contributed by atoms with Crippen LogP contribution in [0.4, 0.5) is 5.69 Å². The van der Waals surface area contributed by atoms with Crippen molar-refractivity contribution >= 4 is 11.6 Å². The molecule has 0 amide bonds. The molecule has 0 atom stereocenters. The maximum Gasteiger partial charge on any atom is 0.203 e. The van der Waals surface area contributed by atoms with Gasteiger partial charge in [0.2, 0.25) is 5.75 Å². The van der Waals surface area contributed by atoms with E-state index in [1.54, 1.807) is 21.3 Å². The molecule has 0 spiro atoms. The van der Waals surface area contributed by atoms with E-state index in [2.05, 4.69) is 22.3 Å². The summed E-state index contributed by atoms with van der Waals surface area (Å²) in [5.74, 6) is 2.93. The summed E-state index contributed by atoms with van der Waals surface area (Å²) in [6.07, 6.45) is 4.45. The van der Waals surface area contributed by atoms with Crippen molar-refractivity contribution in [1.29, 1.82) is 0 Å². The van der Waals surface area contributed by atoms with Gasteiger partial charge in [-0.1, -0.05) is 24.3 Å². The number of rotatable bonds is 7. The van der Waals surface area contributed by atoms with Crippen LogP contribution in [-0.2, 0) is 6.42 Å². The molecule has 156 valence electrons. The highest BCUT2D eigenvalue weighted by atomic mass is 16.5. The lowest BCUT2D eigenvalue weighted by molar-refractivity contribution is 0.322. The molecule has 6 heteroatoms. The van der Waals surface area contributed by atoms with Crippen molar-refractivity contribution in [3.8, 4) is 17.2 Å². The number of likely N-dealkylation sites (tertiary alicyclic amines) is 1. The highest BCUT2D eigenvalue weighted by Gasteiger charge is 2.17. The molecule has 0 bridgehead atoms. The molecular formula is C23H31N3O3. The van der Waals surface area contributed by atoms with Crippen LogP contribution in [0.3, 0.4) is 0 Å². The molecule has 6 nitrogen and oxygen atoms in total. The Labute approximate surface area is 173 Å². The fourth-order valence-electron chi connectivity index (χ4n) is 3.62. The molecule has 0 aliphatic carbocycles. The molecular weight excluding hydrogens is 366 g/mol. The SMILES string of the molecule is COc1ccc(CCN=C(Nc2ccccc2)N2CCCCC2)c(OC)c1OC. The highest BCUT2D eigenvalue weighted by molar-refractivity contribution is 5.93. The molecule has 1 aliphatic rings. The zero-order valence-electron chi connectivity index (χ0n) is 17.6. The number of nitrogens with one attached hydrogen (secondary N) is 1. The summed E-state index contributed by atoms with van der Waals surface area (Å²) in [4.78, 5) is 7.26. The number of benzene rings is 2. The molecule has 2 aromatic carbocycles. The Balaban J connectivity index is 1.77. The molecule has 0 radical (unpaired) electrons. The van der Waals surface area contributed by atoms with Crippen molar-refractivity contribution < 1.29 is 14.2 Å². The van der Waals surface area contributed by atoms with Crippen molar-refractivity contribution in [2.24, 2.45) is 4.99 Å². The van der Waals surface area contributed by atoms with Gasteiger partial charge in [-0.05, 0) is 43.9 Å². The van der Waals surface area contributed by atoms with Crippen molar-refractivity contribution in [2.45, 2.75) is 25.7 Å². The predicted molar refractivity (Wildman–Crippen MR) is 118 cm³/mol. The Hall–Kier alpha value is -2.89. The number of nitrogens with zero attached hydrogens (tertiary/aromatic N) is 2. The summed E-state index contributed by atoms with van der Waals surface area (Å²) >= 11 is 0. The fraction of sp³-hybridized carbons (Fsp3) is 0.435. The number of piperidine rings is 1. The first kappa shape index (κ1) is 20.8. The second-order valence-corrected chi connectivity index (χ2v) is 6.99. The number of methoxy groups -OCH3 is 3. The largest absolute Gasteiger partial charge is 0.493 e. The van der Waals surface area contributed by atoms with Gasteiger partial charge in [0.1, 0.15) is 0 Å². The third-order valence-corrected chi connectivity index (χ3v) is 5.11. The van der Waals surface area contributed by atoms with Crippen LogP contribution < -0.4 is 19.5 Å². The number of guanidine groups is 1. The van der Waals surface area contributed by atoms with E-state index in [9.17, 15) is 0 Å². The van der Waals surface area contributed by atoms with Crippen LogP contribution in [0, 0.1) is 0 Å². The van der Waals surface area contributed by atoms with Gasteiger partial charge in [-0.2, -0.15) is 0 Å². The number of aliphatic imine (C=N–C) groups is 1. The highest BCUT2D eigenvalue weighted by Crippen LogP contribution is 2.39.